The minimum absolute atomic E-state index is 0.0635. The third kappa shape index (κ3) is 7.23. The topological polar surface area (TPSA) is 130 Å². The number of hydrogen-bond acceptors (Lipinski definition) is 5. The lowest BCUT2D eigenvalue weighted by molar-refractivity contribution is -0.135. The molecule has 0 aliphatic rings. The number of sulfone groups is 1. The molecule has 0 aromatic heterocycles. The van der Waals surface area contributed by atoms with Crippen molar-refractivity contribution in [2.45, 2.75) is 13.8 Å². The molecule has 3 N–H and O–H groups in total. The highest BCUT2D eigenvalue weighted by Crippen LogP contribution is 2.10. The van der Waals surface area contributed by atoms with Crippen LogP contribution in [0.4, 0.5) is 5.69 Å². The second kappa shape index (κ2) is 8.44. The molecule has 1 aromatic rings. The van der Waals surface area contributed by atoms with Gasteiger partial charge in [-0.05, 0) is 30.2 Å². The van der Waals surface area contributed by atoms with Crippen LogP contribution >= 0.6 is 0 Å². The molecule has 0 saturated heterocycles. The smallest absolute Gasteiger partial charge is 0.322 e. The zero-order chi connectivity index (χ0) is 18.3. The van der Waals surface area contributed by atoms with Crippen molar-refractivity contribution in [2.24, 2.45) is 5.92 Å². The van der Waals surface area contributed by atoms with Crippen molar-refractivity contribution in [3.8, 4) is 0 Å². The molecule has 1 aromatic carbocycles. The summed E-state index contributed by atoms with van der Waals surface area (Å²) >= 11 is 0. The van der Waals surface area contributed by atoms with E-state index in [-0.39, 0.29) is 17.2 Å². The summed E-state index contributed by atoms with van der Waals surface area (Å²) in [7, 11) is -3.47. The van der Waals surface area contributed by atoms with Gasteiger partial charge in [0.1, 0.15) is 12.3 Å². The van der Waals surface area contributed by atoms with Crippen LogP contribution in [0.25, 0.3) is 0 Å². The highest BCUT2D eigenvalue weighted by molar-refractivity contribution is 7.92. The molecule has 0 aliphatic carbocycles. The van der Waals surface area contributed by atoms with E-state index in [0.29, 0.717) is 5.69 Å². The Balaban J connectivity index is 2.62. The summed E-state index contributed by atoms with van der Waals surface area (Å²) in [5.74, 6) is -3.11. The highest BCUT2D eigenvalue weighted by Gasteiger charge is 2.18. The van der Waals surface area contributed by atoms with E-state index in [1.54, 1.807) is 13.8 Å². The van der Waals surface area contributed by atoms with Gasteiger partial charge in [-0.1, -0.05) is 13.8 Å². The van der Waals surface area contributed by atoms with Crippen molar-refractivity contribution in [1.82, 2.24) is 5.32 Å². The van der Waals surface area contributed by atoms with E-state index >= 15 is 0 Å². The Morgan fingerprint density at radius 3 is 2.21 bits per heavy atom. The standard InChI is InChI=1S/C15H20N2O6S/c1-10(2)8-24(22,23)9-13(18)17-12-5-3-11(4-6-12)15(21)16-7-14(19)20/h3-6,10H,7-9H2,1-2H3,(H,16,21)(H,17,18)(H,19,20). The van der Waals surface area contributed by atoms with Gasteiger partial charge in [0.25, 0.3) is 5.91 Å². The van der Waals surface area contributed by atoms with Crippen LogP contribution in [-0.2, 0) is 19.4 Å². The number of carbonyl (C=O) groups excluding carboxylic acids is 2. The lowest BCUT2D eigenvalue weighted by Crippen LogP contribution is -2.29. The number of amides is 2. The number of carbonyl (C=O) groups is 3. The van der Waals surface area contributed by atoms with E-state index in [0.717, 1.165) is 0 Å². The first-order valence-electron chi connectivity index (χ1n) is 7.19. The van der Waals surface area contributed by atoms with E-state index in [2.05, 4.69) is 10.6 Å². The molecule has 0 saturated carbocycles. The van der Waals surface area contributed by atoms with Crippen LogP contribution in [0.3, 0.4) is 0 Å². The number of nitrogens with one attached hydrogen (secondary N) is 2. The fourth-order valence-electron chi connectivity index (χ4n) is 1.93. The summed E-state index contributed by atoms with van der Waals surface area (Å²) in [5.41, 5.74) is 0.566. The summed E-state index contributed by atoms with van der Waals surface area (Å²) in [5, 5.41) is 13.1. The Morgan fingerprint density at radius 1 is 1.12 bits per heavy atom. The van der Waals surface area contributed by atoms with Gasteiger partial charge in [0.15, 0.2) is 9.84 Å². The first-order chi connectivity index (χ1) is 11.1. The van der Waals surface area contributed by atoms with Gasteiger partial charge in [-0.3, -0.25) is 14.4 Å². The number of carboxylic acids is 1. The highest BCUT2D eigenvalue weighted by atomic mass is 32.2. The minimum atomic E-state index is -3.47. The maximum atomic E-state index is 11.8. The second-order valence-corrected chi connectivity index (χ2v) is 7.76. The van der Waals surface area contributed by atoms with Gasteiger partial charge >= 0.3 is 5.97 Å². The summed E-state index contributed by atoms with van der Waals surface area (Å²) in [6.45, 7) is 3.01. The minimum Gasteiger partial charge on any atom is -0.480 e. The molecular formula is C15H20N2O6S. The van der Waals surface area contributed by atoms with E-state index < -0.39 is 39.9 Å². The van der Waals surface area contributed by atoms with Crippen molar-refractivity contribution in [2.75, 3.05) is 23.4 Å². The molecule has 1 rings (SSSR count). The van der Waals surface area contributed by atoms with Crippen molar-refractivity contribution in [3.05, 3.63) is 29.8 Å². The van der Waals surface area contributed by atoms with Crippen LogP contribution in [0, 0.1) is 5.92 Å². The van der Waals surface area contributed by atoms with Crippen LogP contribution in [0.5, 0.6) is 0 Å². The zero-order valence-corrected chi connectivity index (χ0v) is 14.2. The van der Waals surface area contributed by atoms with Crippen LogP contribution in [0.15, 0.2) is 24.3 Å². The molecule has 0 bridgehead atoms. The third-order valence-corrected chi connectivity index (χ3v) is 4.65. The van der Waals surface area contributed by atoms with Crippen LogP contribution in [-0.4, -0.2) is 49.4 Å². The molecule has 24 heavy (non-hydrogen) atoms. The van der Waals surface area contributed by atoms with E-state index in [1.807, 2.05) is 0 Å². The number of anilines is 1. The predicted molar refractivity (Wildman–Crippen MR) is 88.5 cm³/mol. The molecule has 0 radical (unpaired) electrons. The second-order valence-electron chi connectivity index (χ2n) is 5.65. The first kappa shape index (κ1) is 19.6. The normalized spacial score (nSPS) is 11.1. The summed E-state index contributed by atoms with van der Waals surface area (Å²) < 4.78 is 23.5. The predicted octanol–water partition coefficient (Wildman–Crippen LogP) is 0.510. The maximum absolute atomic E-state index is 11.8. The van der Waals surface area contributed by atoms with Crippen LogP contribution in [0.2, 0.25) is 0 Å². The van der Waals surface area contributed by atoms with Crippen LogP contribution < -0.4 is 10.6 Å². The van der Waals surface area contributed by atoms with Gasteiger partial charge in [0, 0.05) is 11.3 Å². The quantitative estimate of drug-likeness (QED) is 0.622. The molecular weight excluding hydrogens is 336 g/mol. The van der Waals surface area contributed by atoms with Crippen LogP contribution in [0.1, 0.15) is 24.2 Å². The van der Waals surface area contributed by atoms with Crippen molar-refractivity contribution in [3.63, 3.8) is 0 Å². The molecule has 8 nitrogen and oxygen atoms in total. The van der Waals surface area contributed by atoms with E-state index in [9.17, 15) is 22.8 Å². The lowest BCUT2D eigenvalue weighted by Gasteiger charge is -2.09. The molecule has 9 heteroatoms. The number of benzene rings is 1. The molecule has 0 spiro atoms. The molecule has 0 heterocycles. The average Bonchev–Trinajstić information content (AvgIpc) is 2.43. The Bertz CT molecular complexity index is 710. The number of aliphatic carboxylic acids is 1. The SMILES string of the molecule is CC(C)CS(=O)(=O)CC(=O)Nc1ccc(C(=O)NCC(=O)O)cc1. The molecule has 0 aliphatic heterocycles. The van der Waals surface area contributed by atoms with Crippen molar-refractivity contribution >= 4 is 33.3 Å². The third-order valence-electron chi connectivity index (χ3n) is 2.77. The van der Waals surface area contributed by atoms with Crippen molar-refractivity contribution in [1.29, 1.82) is 0 Å². The zero-order valence-electron chi connectivity index (χ0n) is 13.4. The Hall–Kier alpha value is -2.42. The largest absolute Gasteiger partial charge is 0.480 e. The summed E-state index contributed by atoms with van der Waals surface area (Å²) in [6, 6.07) is 5.66. The molecule has 0 fully saturated rings. The Labute approximate surface area is 140 Å². The number of carboxylic acid groups (broad SMARTS) is 1. The van der Waals surface area contributed by atoms with E-state index in [1.165, 1.54) is 24.3 Å². The number of rotatable bonds is 8. The monoisotopic (exact) mass is 356 g/mol. The Morgan fingerprint density at radius 2 is 1.71 bits per heavy atom. The average molecular weight is 356 g/mol. The van der Waals surface area contributed by atoms with Gasteiger partial charge < -0.3 is 15.7 Å². The molecule has 0 unspecified atom stereocenters. The van der Waals surface area contributed by atoms with Gasteiger partial charge in [-0.2, -0.15) is 0 Å². The fraction of sp³-hybridized carbons (Fsp3) is 0.400. The number of hydrogen-bond donors (Lipinski definition) is 3. The van der Waals surface area contributed by atoms with Gasteiger partial charge in [0.05, 0.1) is 5.75 Å². The molecule has 0 atom stereocenters. The van der Waals surface area contributed by atoms with Gasteiger partial charge in [-0.25, -0.2) is 8.42 Å². The van der Waals surface area contributed by atoms with Gasteiger partial charge in [-0.15, -0.1) is 0 Å². The fourth-order valence-corrected chi connectivity index (χ4v) is 3.53. The molecule has 132 valence electrons. The van der Waals surface area contributed by atoms with Crippen molar-refractivity contribution < 1.29 is 27.9 Å². The lowest BCUT2D eigenvalue weighted by atomic mass is 10.2. The summed E-state index contributed by atoms with van der Waals surface area (Å²) in [6.07, 6.45) is 0. The summed E-state index contributed by atoms with van der Waals surface area (Å²) in [4.78, 5) is 33.8. The van der Waals surface area contributed by atoms with Gasteiger partial charge in [0.2, 0.25) is 5.91 Å². The molecule has 2 amide bonds. The Kier molecular flexibility index (Phi) is 6.90. The first-order valence-corrected chi connectivity index (χ1v) is 9.01. The maximum Gasteiger partial charge on any atom is 0.322 e. The van der Waals surface area contributed by atoms with E-state index in [4.69, 9.17) is 5.11 Å².